The molecule has 0 aliphatic carbocycles. The van der Waals surface area contributed by atoms with E-state index in [2.05, 4.69) is 10.6 Å². The molecular weight excluding hydrogens is 314 g/mol. The number of esters is 1. The Balaban J connectivity index is 3.00. The number of anilines is 1. The predicted molar refractivity (Wildman–Crippen MR) is 80.4 cm³/mol. The molecule has 0 spiro atoms. The summed E-state index contributed by atoms with van der Waals surface area (Å²) in [7, 11) is -3.44. The Morgan fingerprint density at radius 2 is 2.14 bits per heavy atom. The van der Waals surface area contributed by atoms with Crippen molar-refractivity contribution in [3.63, 3.8) is 0 Å². The molecule has 0 radical (unpaired) electrons. The van der Waals surface area contributed by atoms with Gasteiger partial charge in [0.05, 0.1) is 26.1 Å². The highest BCUT2D eigenvalue weighted by molar-refractivity contribution is 7.99. The molecule has 10 heteroatoms. The fraction of sp³-hybridized carbons (Fsp3) is 0.250. The Bertz CT molecular complexity index is 714. The van der Waals surface area contributed by atoms with E-state index in [0.717, 1.165) is 12.1 Å². The van der Waals surface area contributed by atoms with Gasteiger partial charge in [-0.2, -0.15) is 0 Å². The number of nitro groups is 1. The molecule has 120 valence electrons. The highest BCUT2D eigenvalue weighted by Gasteiger charge is 2.20. The van der Waals surface area contributed by atoms with Crippen molar-refractivity contribution in [3.05, 3.63) is 28.3 Å². The first-order chi connectivity index (χ1) is 10.2. The monoisotopic (exact) mass is 329 g/mol. The number of benzene rings is 1. The van der Waals surface area contributed by atoms with Gasteiger partial charge in [-0.25, -0.2) is 4.21 Å². The Morgan fingerprint density at radius 1 is 1.50 bits per heavy atom. The van der Waals surface area contributed by atoms with Crippen molar-refractivity contribution < 1.29 is 23.5 Å². The minimum absolute atomic E-state index is 0.0259. The van der Waals surface area contributed by atoms with Crippen LogP contribution in [0.5, 0.6) is 0 Å². The number of nitrogens with two attached hydrogens (primary N) is 1. The summed E-state index contributed by atoms with van der Waals surface area (Å²) in [4.78, 5) is 32.7. The number of nitrogens with one attached hydrogen (secondary N) is 1. The zero-order chi connectivity index (χ0) is 16.9. The third-order valence-electron chi connectivity index (χ3n) is 2.45. The Labute approximate surface area is 126 Å². The molecule has 0 aliphatic rings. The second-order valence-corrected chi connectivity index (χ2v) is 6.16. The van der Waals surface area contributed by atoms with E-state index >= 15 is 0 Å². The lowest BCUT2D eigenvalue weighted by molar-refractivity contribution is -0.385. The first kappa shape index (κ1) is 17.4. The predicted octanol–water partition coefficient (Wildman–Crippen LogP) is 0.237. The van der Waals surface area contributed by atoms with E-state index in [-0.39, 0.29) is 22.9 Å². The number of nitrogen functional groups attached to an aromatic ring is 1. The zero-order valence-electron chi connectivity index (χ0n) is 11.7. The zero-order valence-corrected chi connectivity index (χ0v) is 12.6. The van der Waals surface area contributed by atoms with Crippen LogP contribution in [0.4, 0.5) is 11.4 Å². The third-order valence-corrected chi connectivity index (χ3v) is 4.07. The molecule has 1 aromatic rings. The van der Waals surface area contributed by atoms with Gasteiger partial charge in [-0.3, -0.25) is 24.4 Å². The van der Waals surface area contributed by atoms with Crippen LogP contribution in [-0.2, 0) is 24.0 Å². The number of nitrogens with zero attached hydrogens (tertiary/aromatic N) is 1. The van der Waals surface area contributed by atoms with Crippen LogP contribution in [0.2, 0.25) is 0 Å². The minimum Gasteiger partial charge on any atom is -0.466 e. The van der Waals surface area contributed by atoms with Crippen molar-refractivity contribution >= 4 is 38.8 Å². The highest BCUT2D eigenvalue weighted by atomic mass is 32.2. The Morgan fingerprint density at radius 3 is 2.68 bits per heavy atom. The summed E-state index contributed by atoms with van der Waals surface area (Å²) in [5.74, 6) is 1.66. The van der Waals surface area contributed by atoms with Gasteiger partial charge in [-0.1, -0.05) is 0 Å². The van der Waals surface area contributed by atoms with Crippen LogP contribution in [0, 0.1) is 10.1 Å². The fourth-order valence-electron chi connectivity index (χ4n) is 1.54. The normalized spacial score (nSPS) is 13.0. The molecule has 3 N–H and O–H groups in total. The first-order valence-electron chi connectivity index (χ1n) is 6.04. The van der Waals surface area contributed by atoms with E-state index < -0.39 is 32.9 Å². The molecule has 9 nitrogen and oxygen atoms in total. The summed E-state index contributed by atoms with van der Waals surface area (Å²) in [6.45, 7) is 1.67. The molecule has 0 aromatic heterocycles. The molecule has 0 aliphatic heterocycles. The van der Waals surface area contributed by atoms with Gasteiger partial charge < -0.3 is 10.5 Å². The number of carbonyl (C=O) groups is 2. The molecule has 22 heavy (non-hydrogen) atoms. The number of non-ortho nitro benzene ring substituents is 1. The molecule has 1 rings (SSSR count). The molecule has 0 heterocycles. The van der Waals surface area contributed by atoms with Crippen LogP contribution in [0.1, 0.15) is 13.3 Å². The standard InChI is InChI=1S/C12H15N3O6S/c1-3-21-12(17)7-11(16)14-22(2,20)10-6-8(15(18)19)4-5-9(10)13/h4-6H,2-3,7,13H2,1H3,(H,14,16,20). The van der Waals surface area contributed by atoms with Crippen LogP contribution in [0.25, 0.3) is 0 Å². The summed E-state index contributed by atoms with van der Waals surface area (Å²) in [6.07, 6.45) is -0.644. The molecule has 0 saturated heterocycles. The third kappa shape index (κ3) is 4.45. The summed E-state index contributed by atoms with van der Waals surface area (Å²) in [5.41, 5.74) is 5.24. The second-order valence-electron chi connectivity index (χ2n) is 4.16. The maximum atomic E-state index is 12.4. The van der Waals surface area contributed by atoms with Gasteiger partial charge in [0.25, 0.3) is 5.69 Å². The molecule has 1 amide bonds. The van der Waals surface area contributed by atoms with Crippen molar-refractivity contribution in [3.8, 4) is 0 Å². The number of ether oxygens (including phenoxy) is 1. The highest BCUT2D eigenvalue weighted by Crippen LogP contribution is 2.23. The largest absolute Gasteiger partial charge is 0.466 e. The molecule has 0 saturated carbocycles. The number of carbonyl (C=O) groups excluding carboxylic acids is 2. The van der Waals surface area contributed by atoms with Crippen LogP contribution in [-0.4, -0.2) is 33.5 Å². The number of hydrogen-bond acceptors (Lipinski definition) is 7. The Kier molecular flexibility index (Phi) is 5.46. The van der Waals surface area contributed by atoms with Crippen LogP contribution in [0.15, 0.2) is 23.1 Å². The van der Waals surface area contributed by atoms with Gasteiger partial charge in [0.15, 0.2) is 0 Å². The molecule has 1 unspecified atom stereocenters. The Hall–Kier alpha value is -2.62. The van der Waals surface area contributed by atoms with E-state index in [4.69, 9.17) is 5.73 Å². The van der Waals surface area contributed by atoms with Crippen LogP contribution < -0.4 is 10.5 Å². The smallest absolute Gasteiger partial charge is 0.315 e. The van der Waals surface area contributed by atoms with Gasteiger partial charge in [0, 0.05) is 17.8 Å². The number of hydrogen-bond donors (Lipinski definition) is 2. The lowest BCUT2D eigenvalue weighted by atomic mass is 10.3. The SMILES string of the molecule is C=S(=O)(NC(=O)CC(=O)OCC)c1cc([N+](=O)[O-])ccc1N. The van der Waals surface area contributed by atoms with E-state index in [1.165, 1.54) is 6.07 Å². The van der Waals surface area contributed by atoms with Crippen LogP contribution in [0.3, 0.4) is 0 Å². The van der Waals surface area contributed by atoms with Crippen LogP contribution >= 0.6 is 0 Å². The second kappa shape index (κ2) is 6.89. The number of amides is 1. The van der Waals surface area contributed by atoms with Gasteiger partial charge >= 0.3 is 5.97 Å². The van der Waals surface area contributed by atoms with E-state index in [9.17, 15) is 23.9 Å². The topological polar surface area (TPSA) is 142 Å². The van der Waals surface area contributed by atoms with E-state index in [0.29, 0.717) is 0 Å². The van der Waals surface area contributed by atoms with Crippen molar-refractivity contribution in [2.24, 2.45) is 0 Å². The van der Waals surface area contributed by atoms with Gasteiger partial charge in [-0.15, -0.1) is 0 Å². The molecule has 1 atom stereocenters. The van der Waals surface area contributed by atoms with E-state index in [1.807, 2.05) is 4.72 Å². The molecule has 0 fully saturated rings. The van der Waals surface area contributed by atoms with Gasteiger partial charge in [0.1, 0.15) is 6.42 Å². The van der Waals surface area contributed by atoms with E-state index in [1.54, 1.807) is 6.92 Å². The summed E-state index contributed by atoms with van der Waals surface area (Å²) < 4.78 is 19.1. The summed E-state index contributed by atoms with van der Waals surface area (Å²) >= 11 is 0. The maximum absolute atomic E-state index is 12.4. The van der Waals surface area contributed by atoms with Crippen molar-refractivity contribution in [1.29, 1.82) is 0 Å². The molecular formula is C12H15N3O6S. The summed E-state index contributed by atoms with van der Waals surface area (Å²) in [5, 5.41) is 10.7. The van der Waals surface area contributed by atoms with Crippen molar-refractivity contribution in [2.75, 3.05) is 12.3 Å². The fourth-order valence-corrected chi connectivity index (χ4v) is 2.85. The lowest BCUT2D eigenvalue weighted by Gasteiger charge is -2.13. The summed E-state index contributed by atoms with van der Waals surface area (Å²) in [6, 6.07) is 3.29. The van der Waals surface area contributed by atoms with Gasteiger partial charge in [-0.05, 0) is 18.9 Å². The number of rotatable bonds is 6. The van der Waals surface area contributed by atoms with Crippen molar-refractivity contribution in [2.45, 2.75) is 18.2 Å². The van der Waals surface area contributed by atoms with Crippen molar-refractivity contribution in [1.82, 2.24) is 4.72 Å². The quantitative estimate of drug-likeness (QED) is 0.190. The average Bonchev–Trinajstić information content (AvgIpc) is 2.37. The first-order valence-corrected chi connectivity index (χ1v) is 7.77. The van der Waals surface area contributed by atoms with Gasteiger partial charge in [0.2, 0.25) is 5.91 Å². The maximum Gasteiger partial charge on any atom is 0.315 e. The molecule has 0 bridgehead atoms. The number of nitro benzene ring substituents is 1. The average molecular weight is 329 g/mol. The minimum atomic E-state index is -3.44. The lowest BCUT2D eigenvalue weighted by Crippen LogP contribution is -2.32. The molecule has 1 aromatic carbocycles.